The van der Waals surface area contributed by atoms with Crippen molar-refractivity contribution in [3.8, 4) is 0 Å². The van der Waals surface area contributed by atoms with Crippen LogP contribution in [-0.2, 0) is 9.53 Å². The minimum atomic E-state index is -0.961. The lowest BCUT2D eigenvalue weighted by atomic mass is 9.87. The van der Waals surface area contributed by atoms with Crippen molar-refractivity contribution in [2.75, 3.05) is 6.54 Å². The average Bonchev–Trinajstić information content (AvgIpc) is 2.84. The van der Waals surface area contributed by atoms with E-state index in [1.165, 1.54) is 17.7 Å². The minimum Gasteiger partial charge on any atom is -0.480 e. The van der Waals surface area contributed by atoms with Gasteiger partial charge in [0.2, 0.25) is 0 Å². The summed E-state index contributed by atoms with van der Waals surface area (Å²) in [5.41, 5.74) is -0.620. The molecule has 6 nitrogen and oxygen atoms in total. The van der Waals surface area contributed by atoms with Gasteiger partial charge in [0.15, 0.2) is 0 Å². The molecule has 1 saturated carbocycles. The first kappa shape index (κ1) is 18.0. The smallest absolute Gasteiger partial charge is 0.411 e. The normalized spacial score (nSPS) is 31.9. The molecule has 1 amide bonds. The summed E-state index contributed by atoms with van der Waals surface area (Å²) in [5.74, 6) is -0.181. The van der Waals surface area contributed by atoms with Crippen molar-refractivity contribution in [1.82, 2.24) is 10.2 Å². The van der Waals surface area contributed by atoms with E-state index >= 15 is 0 Å². The Balaban J connectivity index is 1.94. The zero-order valence-electron chi connectivity index (χ0n) is 14.7. The number of ether oxygens (including phenoxy) is 1. The van der Waals surface area contributed by atoms with E-state index in [4.69, 9.17) is 4.74 Å². The first-order valence-electron chi connectivity index (χ1n) is 8.64. The van der Waals surface area contributed by atoms with Crippen molar-refractivity contribution >= 4 is 12.1 Å². The first-order chi connectivity index (χ1) is 10.7. The zero-order valence-corrected chi connectivity index (χ0v) is 14.7. The minimum absolute atomic E-state index is 0.0297. The van der Waals surface area contributed by atoms with E-state index in [1.807, 2.05) is 0 Å². The molecular weight excluding hydrogens is 296 g/mol. The Bertz CT molecular complexity index is 438. The fourth-order valence-electron chi connectivity index (χ4n) is 3.47. The summed E-state index contributed by atoms with van der Waals surface area (Å²) in [6.45, 7) is 8.04. The quantitative estimate of drug-likeness (QED) is 0.833. The fourth-order valence-corrected chi connectivity index (χ4v) is 3.47. The molecule has 6 heteroatoms. The predicted octanol–water partition coefficient (Wildman–Crippen LogP) is 2.62. The molecule has 1 aliphatic heterocycles. The molecule has 0 unspecified atom stereocenters. The van der Waals surface area contributed by atoms with Crippen molar-refractivity contribution in [3.05, 3.63) is 0 Å². The van der Waals surface area contributed by atoms with Gasteiger partial charge in [-0.2, -0.15) is 0 Å². The molecule has 0 aromatic rings. The number of nitrogens with zero attached hydrogens (tertiary/aromatic N) is 1. The van der Waals surface area contributed by atoms with Gasteiger partial charge < -0.3 is 15.2 Å². The number of carbonyl (C=O) groups excluding carboxylic acids is 1. The summed E-state index contributed by atoms with van der Waals surface area (Å²) in [6, 6.07) is -0.337. The number of carboxylic acid groups (broad SMARTS) is 1. The summed E-state index contributed by atoms with van der Waals surface area (Å²) in [7, 11) is 0. The number of nitrogens with one attached hydrogen (secondary N) is 1. The summed E-state index contributed by atoms with van der Waals surface area (Å²) in [4.78, 5) is 25.1. The predicted molar refractivity (Wildman–Crippen MR) is 87.3 cm³/mol. The highest BCUT2D eigenvalue weighted by Gasteiger charge is 2.42. The number of hydrogen-bond acceptors (Lipinski definition) is 4. The first-order valence-corrected chi connectivity index (χ1v) is 8.64. The van der Waals surface area contributed by atoms with Crippen LogP contribution < -0.4 is 5.32 Å². The Hall–Kier alpha value is -1.30. The molecule has 23 heavy (non-hydrogen) atoms. The van der Waals surface area contributed by atoms with Crippen LogP contribution in [0.2, 0.25) is 0 Å². The van der Waals surface area contributed by atoms with Gasteiger partial charge in [-0.15, -0.1) is 0 Å². The van der Waals surface area contributed by atoms with Crippen LogP contribution in [0.25, 0.3) is 0 Å². The molecule has 2 aliphatic rings. The Morgan fingerprint density at radius 2 is 1.74 bits per heavy atom. The molecule has 0 spiro atoms. The van der Waals surface area contributed by atoms with Crippen LogP contribution in [0.5, 0.6) is 0 Å². The third-order valence-corrected chi connectivity index (χ3v) is 4.70. The molecule has 0 aromatic heterocycles. The van der Waals surface area contributed by atoms with Crippen molar-refractivity contribution in [3.63, 3.8) is 0 Å². The van der Waals surface area contributed by atoms with Crippen LogP contribution in [0.3, 0.4) is 0 Å². The molecule has 0 bridgehead atoms. The fraction of sp³-hybridized carbons (Fsp3) is 0.882. The van der Waals surface area contributed by atoms with E-state index in [0.29, 0.717) is 19.0 Å². The van der Waals surface area contributed by atoms with Gasteiger partial charge in [0.1, 0.15) is 11.6 Å². The Labute approximate surface area is 138 Å². The van der Waals surface area contributed by atoms with Crippen molar-refractivity contribution < 1.29 is 19.4 Å². The topological polar surface area (TPSA) is 78.9 Å². The molecule has 0 radical (unpaired) electrons. The molecule has 0 aromatic carbocycles. The average molecular weight is 326 g/mol. The number of rotatable bonds is 3. The molecule has 2 fully saturated rings. The van der Waals surface area contributed by atoms with E-state index in [-0.39, 0.29) is 6.04 Å². The van der Waals surface area contributed by atoms with Gasteiger partial charge in [-0.3, -0.25) is 4.90 Å². The Morgan fingerprint density at radius 3 is 2.26 bits per heavy atom. The second kappa shape index (κ2) is 7.07. The van der Waals surface area contributed by atoms with E-state index in [2.05, 4.69) is 12.2 Å². The Morgan fingerprint density at radius 1 is 1.13 bits per heavy atom. The van der Waals surface area contributed by atoms with Crippen molar-refractivity contribution in [2.45, 2.75) is 83.5 Å². The number of aliphatic carboxylic acids is 1. The maximum atomic E-state index is 12.3. The van der Waals surface area contributed by atoms with Gasteiger partial charge in [0.05, 0.1) is 0 Å². The summed E-state index contributed by atoms with van der Waals surface area (Å²) >= 11 is 0. The van der Waals surface area contributed by atoms with Gasteiger partial charge in [-0.1, -0.05) is 6.92 Å². The number of amides is 1. The number of carbonyl (C=O) groups is 2. The standard InChI is InChI=1S/C17H30N2O4/c1-11-5-7-12(8-6-11)18-13-9-14(15(20)21)19(10-13)16(22)23-17(2,3)4/h11-14,18H,5-10H2,1-4H3,(H,20,21)/t11-,12+,13-,14-/m0/s1. The van der Waals surface area contributed by atoms with Crippen LogP contribution in [0.1, 0.15) is 59.8 Å². The molecule has 1 heterocycles. The third kappa shape index (κ3) is 5.09. The Kier molecular flexibility index (Phi) is 5.55. The lowest BCUT2D eigenvalue weighted by Gasteiger charge is -2.29. The highest BCUT2D eigenvalue weighted by atomic mass is 16.6. The maximum absolute atomic E-state index is 12.3. The largest absolute Gasteiger partial charge is 0.480 e. The molecule has 132 valence electrons. The van der Waals surface area contributed by atoms with Crippen LogP contribution >= 0.6 is 0 Å². The molecule has 1 saturated heterocycles. The lowest BCUT2D eigenvalue weighted by molar-refractivity contribution is -0.142. The second-order valence-electron chi connectivity index (χ2n) is 8.04. The summed E-state index contributed by atoms with van der Waals surface area (Å²) in [6.07, 6.45) is 4.58. The molecule has 1 aliphatic carbocycles. The third-order valence-electron chi connectivity index (χ3n) is 4.70. The second-order valence-corrected chi connectivity index (χ2v) is 8.04. The van der Waals surface area contributed by atoms with Gasteiger partial charge in [-0.05, 0) is 58.8 Å². The summed E-state index contributed by atoms with van der Waals surface area (Å²) < 4.78 is 5.35. The van der Waals surface area contributed by atoms with E-state index in [9.17, 15) is 14.7 Å². The van der Waals surface area contributed by atoms with Crippen LogP contribution in [-0.4, -0.2) is 52.3 Å². The van der Waals surface area contributed by atoms with Crippen molar-refractivity contribution in [2.24, 2.45) is 5.92 Å². The van der Waals surface area contributed by atoms with Crippen LogP contribution in [0.15, 0.2) is 0 Å². The highest BCUT2D eigenvalue weighted by Crippen LogP contribution is 2.26. The van der Waals surface area contributed by atoms with Gasteiger partial charge >= 0.3 is 12.1 Å². The van der Waals surface area contributed by atoms with Crippen molar-refractivity contribution in [1.29, 1.82) is 0 Å². The van der Waals surface area contributed by atoms with Gasteiger partial charge in [-0.25, -0.2) is 9.59 Å². The number of hydrogen-bond donors (Lipinski definition) is 2. The number of likely N-dealkylation sites (tertiary alicyclic amines) is 1. The van der Waals surface area contributed by atoms with Gasteiger partial charge in [0.25, 0.3) is 0 Å². The van der Waals surface area contributed by atoms with E-state index in [1.54, 1.807) is 20.8 Å². The SMILES string of the molecule is CC(C)(C)OC(=O)N1C[C@@H](N[C@H]2CC[C@@H](C)CC2)C[C@H]1C(=O)O. The van der Waals surface area contributed by atoms with Crippen LogP contribution in [0.4, 0.5) is 4.79 Å². The van der Waals surface area contributed by atoms with Gasteiger partial charge in [0, 0.05) is 18.6 Å². The number of carboxylic acids is 1. The highest BCUT2D eigenvalue weighted by molar-refractivity contribution is 5.81. The maximum Gasteiger partial charge on any atom is 0.411 e. The van der Waals surface area contributed by atoms with E-state index < -0.39 is 23.7 Å². The zero-order chi connectivity index (χ0) is 17.2. The molecule has 2 rings (SSSR count). The monoisotopic (exact) mass is 326 g/mol. The molecule has 2 N–H and O–H groups in total. The van der Waals surface area contributed by atoms with Crippen LogP contribution in [0, 0.1) is 5.92 Å². The molecule has 2 atom stereocenters. The summed E-state index contributed by atoms with van der Waals surface area (Å²) in [5, 5.41) is 13.0. The lowest BCUT2D eigenvalue weighted by Crippen LogP contribution is -2.44. The molecular formula is C17H30N2O4. The van der Waals surface area contributed by atoms with E-state index in [0.717, 1.165) is 18.8 Å².